The monoisotopic (exact) mass is 345 g/mol. The van der Waals surface area contributed by atoms with Crippen LogP contribution >= 0.6 is 0 Å². The van der Waals surface area contributed by atoms with Crippen LogP contribution in [0.2, 0.25) is 0 Å². The van der Waals surface area contributed by atoms with E-state index in [1.165, 1.54) is 6.07 Å². The Morgan fingerprint density at radius 1 is 1.32 bits per heavy atom. The van der Waals surface area contributed by atoms with Crippen LogP contribution in [0.1, 0.15) is 18.0 Å². The molecular weight excluding hydrogens is 329 g/mol. The van der Waals surface area contributed by atoms with Crippen molar-refractivity contribution in [3.05, 3.63) is 64.0 Å². The minimum Gasteiger partial charge on any atom is -0.493 e. The molecule has 0 fully saturated rings. The van der Waals surface area contributed by atoms with Crippen molar-refractivity contribution in [3.8, 4) is 5.75 Å². The van der Waals surface area contributed by atoms with Gasteiger partial charge in [-0.15, -0.1) is 0 Å². The highest BCUT2D eigenvalue weighted by Crippen LogP contribution is 2.31. The second kappa shape index (κ2) is 7.16. The van der Waals surface area contributed by atoms with Crippen LogP contribution in [-0.2, 0) is 4.79 Å². The topological polar surface area (TPSA) is 93.5 Å². The van der Waals surface area contributed by atoms with Crippen LogP contribution in [0.5, 0.6) is 5.75 Å². The first-order valence-electron chi connectivity index (χ1n) is 7.73. The molecule has 0 radical (unpaired) electrons. The molecule has 2 N–H and O–H groups in total. The number of para-hydroxylation sites is 1. The Labute approximate surface area is 143 Å². The number of benzene rings is 2. The van der Waals surface area contributed by atoms with Crippen LogP contribution in [0.15, 0.2) is 42.5 Å². The predicted molar refractivity (Wildman–Crippen MR) is 89.0 cm³/mol. The highest BCUT2D eigenvalue weighted by atomic mass is 19.1. The van der Waals surface area contributed by atoms with Gasteiger partial charge in [-0.1, -0.05) is 18.2 Å². The summed E-state index contributed by atoms with van der Waals surface area (Å²) in [6.07, 6.45) is 0.658. The van der Waals surface area contributed by atoms with E-state index in [-0.39, 0.29) is 18.5 Å². The molecule has 2 aromatic rings. The fourth-order valence-electron chi connectivity index (χ4n) is 2.68. The van der Waals surface area contributed by atoms with E-state index in [0.29, 0.717) is 18.7 Å². The molecular formula is C17H16FN3O4. The summed E-state index contributed by atoms with van der Waals surface area (Å²) >= 11 is 0. The number of nitrogens with one attached hydrogen (secondary N) is 2. The first-order valence-corrected chi connectivity index (χ1v) is 7.73. The number of carbonyl (C=O) groups is 1. The van der Waals surface area contributed by atoms with E-state index in [4.69, 9.17) is 4.74 Å². The summed E-state index contributed by atoms with van der Waals surface area (Å²) in [6, 6.07) is 10.7. The van der Waals surface area contributed by atoms with E-state index in [0.717, 1.165) is 23.4 Å². The maximum absolute atomic E-state index is 13.3. The van der Waals surface area contributed by atoms with Crippen LogP contribution in [0.3, 0.4) is 0 Å². The molecule has 0 spiro atoms. The average molecular weight is 345 g/mol. The lowest BCUT2D eigenvalue weighted by atomic mass is 10.0. The minimum atomic E-state index is -0.918. The van der Waals surface area contributed by atoms with Crippen molar-refractivity contribution in [2.24, 2.45) is 0 Å². The number of nitro groups is 1. The first kappa shape index (κ1) is 16.7. The van der Waals surface area contributed by atoms with Crippen molar-refractivity contribution >= 4 is 17.3 Å². The molecule has 2 aromatic carbocycles. The Morgan fingerprint density at radius 2 is 2.12 bits per heavy atom. The molecule has 1 amide bonds. The summed E-state index contributed by atoms with van der Waals surface area (Å²) in [5.41, 5.74) is 0.582. The van der Waals surface area contributed by atoms with Crippen molar-refractivity contribution in [1.29, 1.82) is 0 Å². The molecule has 0 aliphatic carbocycles. The van der Waals surface area contributed by atoms with Gasteiger partial charge in [0.05, 0.1) is 24.1 Å². The number of carbonyl (C=O) groups excluding carboxylic acids is 1. The van der Waals surface area contributed by atoms with Gasteiger partial charge in [0.15, 0.2) is 0 Å². The summed E-state index contributed by atoms with van der Waals surface area (Å²) in [5.74, 6) is -0.436. The third-order valence-corrected chi connectivity index (χ3v) is 3.89. The Morgan fingerprint density at radius 3 is 2.92 bits per heavy atom. The van der Waals surface area contributed by atoms with E-state index in [2.05, 4.69) is 10.6 Å². The number of hydrogen-bond donors (Lipinski definition) is 2. The zero-order valence-corrected chi connectivity index (χ0v) is 13.2. The SMILES string of the molecule is O=C(CNc1ccc(F)c([N+](=O)[O-])c1)NC1CCOc2ccccc21. The molecule has 25 heavy (non-hydrogen) atoms. The number of fused-ring (bicyclic) bond motifs is 1. The van der Waals surface area contributed by atoms with E-state index in [1.54, 1.807) is 0 Å². The van der Waals surface area contributed by atoms with E-state index in [9.17, 15) is 19.3 Å². The molecule has 130 valence electrons. The summed E-state index contributed by atoms with van der Waals surface area (Å²) in [6.45, 7) is 0.432. The van der Waals surface area contributed by atoms with Gasteiger partial charge >= 0.3 is 5.69 Å². The molecule has 1 atom stereocenters. The number of hydrogen-bond acceptors (Lipinski definition) is 5. The zero-order valence-electron chi connectivity index (χ0n) is 13.2. The van der Waals surface area contributed by atoms with Crippen molar-refractivity contribution in [3.63, 3.8) is 0 Å². The quantitative estimate of drug-likeness (QED) is 0.642. The van der Waals surface area contributed by atoms with Gasteiger partial charge < -0.3 is 15.4 Å². The van der Waals surface area contributed by atoms with Crippen LogP contribution in [0.25, 0.3) is 0 Å². The normalized spacial score (nSPS) is 15.6. The third kappa shape index (κ3) is 3.85. The van der Waals surface area contributed by atoms with Gasteiger partial charge in [0, 0.05) is 23.7 Å². The number of nitrogens with zero attached hydrogens (tertiary/aromatic N) is 1. The molecule has 1 heterocycles. The molecule has 1 aliphatic heterocycles. The Kier molecular flexibility index (Phi) is 4.78. The number of anilines is 1. The van der Waals surface area contributed by atoms with Crippen LogP contribution in [-0.4, -0.2) is 24.0 Å². The Hall–Kier alpha value is -3.16. The average Bonchev–Trinajstić information content (AvgIpc) is 2.61. The van der Waals surface area contributed by atoms with Crippen LogP contribution < -0.4 is 15.4 Å². The lowest BCUT2D eigenvalue weighted by molar-refractivity contribution is -0.387. The van der Waals surface area contributed by atoms with E-state index >= 15 is 0 Å². The fourth-order valence-corrected chi connectivity index (χ4v) is 2.68. The molecule has 8 heteroatoms. The Balaban J connectivity index is 1.61. The molecule has 1 unspecified atom stereocenters. The summed E-state index contributed by atoms with van der Waals surface area (Å²) in [7, 11) is 0. The number of nitro benzene ring substituents is 1. The summed E-state index contributed by atoms with van der Waals surface area (Å²) in [5, 5.41) is 16.4. The summed E-state index contributed by atoms with van der Waals surface area (Å²) in [4.78, 5) is 22.1. The molecule has 0 saturated heterocycles. The standard InChI is InChI=1S/C17H16FN3O4/c18-13-6-5-11(9-15(13)21(23)24)19-10-17(22)20-14-7-8-25-16-4-2-1-3-12(14)16/h1-6,9,14,19H,7-8,10H2,(H,20,22). The molecule has 1 aliphatic rings. The van der Waals surface area contributed by atoms with Gasteiger partial charge in [-0.3, -0.25) is 14.9 Å². The maximum Gasteiger partial charge on any atom is 0.306 e. The molecule has 0 saturated carbocycles. The van der Waals surface area contributed by atoms with Gasteiger partial charge in [0.25, 0.3) is 0 Å². The highest BCUT2D eigenvalue weighted by molar-refractivity contribution is 5.81. The minimum absolute atomic E-state index is 0.0810. The van der Waals surface area contributed by atoms with Gasteiger partial charge in [0.1, 0.15) is 5.75 Å². The van der Waals surface area contributed by atoms with Crippen LogP contribution in [0.4, 0.5) is 15.8 Å². The summed E-state index contributed by atoms with van der Waals surface area (Å²) < 4.78 is 18.9. The van der Waals surface area contributed by atoms with Gasteiger partial charge in [0.2, 0.25) is 11.7 Å². The van der Waals surface area contributed by atoms with Crippen molar-refractivity contribution < 1.29 is 18.8 Å². The van der Waals surface area contributed by atoms with Crippen molar-refractivity contribution in [2.75, 3.05) is 18.5 Å². The molecule has 3 rings (SSSR count). The lowest BCUT2D eigenvalue weighted by Gasteiger charge is -2.26. The van der Waals surface area contributed by atoms with Gasteiger partial charge in [-0.25, -0.2) is 0 Å². The molecule has 7 nitrogen and oxygen atoms in total. The van der Waals surface area contributed by atoms with Gasteiger partial charge in [-0.2, -0.15) is 4.39 Å². The smallest absolute Gasteiger partial charge is 0.306 e. The Bertz CT molecular complexity index is 812. The van der Waals surface area contributed by atoms with E-state index in [1.807, 2.05) is 24.3 Å². The predicted octanol–water partition coefficient (Wildman–Crippen LogP) is 2.79. The fraction of sp³-hybridized carbons (Fsp3) is 0.235. The number of amides is 1. The first-order chi connectivity index (χ1) is 12.0. The lowest BCUT2D eigenvalue weighted by Crippen LogP contribution is -2.35. The largest absolute Gasteiger partial charge is 0.493 e. The van der Waals surface area contributed by atoms with Crippen molar-refractivity contribution in [2.45, 2.75) is 12.5 Å². The molecule has 0 bridgehead atoms. The van der Waals surface area contributed by atoms with Gasteiger partial charge in [-0.05, 0) is 18.2 Å². The number of halogens is 1. The maximum atomic E-state index is 13.3. The number of ether oxygens (including phenoxy) is 1. The zero-order chi connectivity index (χ0) is 17.8. The number of rotatable bonds is 5. The van der Waals surface area contributed by atoms with Crippen LogP contribution in [0, 0.1) is 15.9 Å². The molecule has 0 aromatic heterocycles. The van der Waals surface area contributed by atoms with Crippen molar-refractivity contribution in [1.82, 2.24) is 5.32 Å². The third-order valence-electron chi connectivity index (χ3n) is 3.89. The van der Waals surface area contributed by atoms with E-state index < -0.39 is 16.4 Å². The second-order valence-electron chi connectivity index (χ2n) is 5.57. The highest BCUT2D eigenvalue weighted by Gasteiger charge is 2.22. The second-order valence-corrected chi connectivity index (χ2v) is 5.57.